The zero-order chi connectivity index (χ0) is 11.5. The second kappa shape index (κ2) is 4.40. The van der Waals surface area contributed by atoms with Gasteiger partial charge in [-0.25, -0.2) is 0 Å². The van der Waals surface area contributed by atoms with Gasteiger partial charge in [0.1, 0.15) is 5.54 Å². The third kappa shape index (κ3) is 3.02. The lowest BCUT2D eigenvalue weighted by Gasteiger charge is -2.26. The van der Waals surface area contributed by atoms with Crippen molar-refractivity contribution in [3.8, 4) is 0 Å². The maximum absolute atomic E-state index is 10.9. The highest BCUT2D eigenvalue weighted by Crippen LogP contribution is 2.15. The van der Waals surface area contributed by atoms with E-state index >= 15 is 0 Å². The molecule has 1 atom stereocenters. The van der Waals surface area contributed by atoms with Gasteiger partial charge in [-0.2, -0.15) is 0 Å². The third-order valence-electron chi connectivity index (χ3n) is 2.32. The van der Waals surface area contributed by atoms with Crippen molar-refractivity contribution in [1.82, 2.24) is 10.3 Å². The highest BCUT2D eigenvalue weighted by atomic mass is 16.4. The fourth-order valence-corrected chi connectivity index (χ4v) is 1.34. The highest BCUT2D eigenvalue weighted by Gasteiger charge is 2.28. The summed E-state index contributed by atoms with van der Waals surface area (Å²) in [5.41, 5.74) is 0.0993. The number of carbonyl (C=O) groups is 1. The fraction of sp³-hybridized carbons (Fsp3) is 0.455. The Labute approximate surface area is 89.3 Å². The second-order valence-electron chi connectivity index (χ2n) is 4.08. The predicted octanol–water partition coefficient (Wildman–Crippen LogP) is 1.60. The first kappa shape index (κ1) is 11.7. The number of aliphatic carboxylic acids is 1. The Morgan fingerprint density at radius 3 is 2.47 bits per heavy atom. The van der Waals surface area contributed by atoms with Gasteiger partial charge in [-0.15, -0.1) is 0 Å². The Bertz CT molecular complexity index is 336. The van der Waals surface area contributed by atoms with Crippen molar-refractivity contribution in [2.24, 2.45) is 0 Å². The average Bonchev–Trinajstić information content (AvgIpc) is 2.18. The maximum Gasteiger partial charge on any atom is 0.323 e. The van der Waals surface area contributed by atoms with Crippen LogP contribution in [0.5, 0.6) is 0 Å². The molecule has 4 heteroatoms. The largest absolute Gasteiger partial charge is 0.480 e. The zero-order valence-corrected chi connectivity index (χ0v) is 9.19. The molecule has 0 saturated carbocycles. The van der Waals surface area contributed by atoms with E-state index in [0.717, 1.165) is 5.56 Å². The van der Waals surface area contributed by atoms with Crippen LogP contribution in [0, 0.1) is 0 Å². The van der Waals surface area contributed by atoms with Gasteiger partial charge in [-0.1, -0.05) is 0 Å². The van der Waals surface area contributed by atoms with Crippen LogP contribution < -0.4 is 5.32 Å². The van der Waals surface area contributed by atoms with Gasteiger partial charge >= 0.3 is 5.97 Å². The molecule has 0 saturated heterocycles. The van der Waals surface area contributed by atoms with E-state index in [-0.39, 0.29) is 6.04 Å². The summed E-state index contributed by atoms with van der Waals surface area (Å²) in [6.07, 6.45) is 3.39. The standard InChI is InChI=1S/C11H16N2O2/c1-8(9-4-6-12-7-5-9)13-11(2,3)10(14)15/h4-8,13H,1-3H3,(H,14,15). The lowest BCUT2D eigenvalue weighted by molar-refractivity contribution is -0.143. The van der Waals surface area contributed by atoms with Crippen molar-refractivity contribution in [2.45, 2.75) is 32.4 Å². The fourth-order valence-electron chi connectivity index (χ4n) is 1.34. The van der Waals surface area contributed by atoms with Crippen molar-refractivity contribution in [3.05, 3.63) is 30.1 Å². The van der Waals surface area contributed by atoms with E-state index in [0.29, 0.717) is 0 Å². The number of carboxylic acid groups (broad SMARTS) is 1. The van der Waals surface area contributed by atoms with Crippen molar-refractivity contribution in [3.63, 3.8) is 0 Å². The van der Waals surface area contributed by atoms with Gasteiger partial charge in [0.2, 0.25) is 0 Å². The molecule has 0 spiro atoms. The molecule has 0 aliphatic rings. The molecule has 1 rings (SSSR count). The minimum Gasteiger partial charge on any atom is -0.480 e. The summed E-state index contributed by atoms with van der Waals surface area (Å²) in [7, 11) is 0. The predicted molar refractivity (Wildman–Crippen MR) is 57.5 cm³/mol. The van der Waals surface area contributed by atoms with Crippen LogP contribution in [0.2, 0.25) is 0 Å². The molecule has 0 aliphatic heterocycles. The van der Waals surface area contributed by atoms with Gasteiger partial charge in [-0.3, -0.25) is 15.1 Å². The van der Waals surface area contributed by atoms with Gasteiger partial charge < -0.3 is 5.11 Å². The molecule has 1 unspecified atom stereocenters. The van der Waals surface area contributed by atoms with Gasteiger partial charge in [0.15, 0.2) is 0 Å². The zero-order valence-electron chi connectivity index (χ0n) is 9.19. The lowest BCUT2D eigenvalue weighted by Crippen LogP contribution is -2.47. The first-order chi connectivity index (χ1) is 6.93. The monoisotopic (exact) mass is 208 g/mol. The summed E-state index contributed by atoms with van der Waals surface area (Å²) in [5, 5.41) is 12.0. The number of rotatable bonds is 4. The van der Waals surface area contributed by atoms with Crippen LogP contribution in [-0.2, 0) is 4.79 Å². The average molecular weight is 208 g/mol. The molecule has 82 valence electrons. The van der Waals surface area contributed by atoms with Gasteiger partial charge in [0.05, 0.1) is 0 Å². The summed E-state index contributed by atoms with van der Waals surface area (Å²) in [5.74, 6) is -0.858. The molecule has 0 bridgehead atoms. The number of nitrogens with one attached hydrogen (secondary N) is 1. The number of carboxylic acids is 1. The van der Waals surface area contributed by atoms with E-state index in [4.69, 9.17) is 5.11 Å². The maximum atomic E-state index is 10.9. The van der Waals surface area contributed by atoms with Crippen LogP contribution in [-0.4, -0.2) is 21.6 Å². The minimum absolute atomic E-state index is 0.0147. The number of nitrogens with zero attached hydrogens (tertiary/aromatic N) is 1. The Kier molecular flexibility index (Phi) is 3.42. The van der Waals surface area contributed by atoms with Crippen molar-refractivity contribution in [2.75, 3.05) is 0 Å². The molecular weight excluding hydrogens is 192 g/mol. The van der Waals surface area contributed by atoms with Crippen LogP contribution in [0.1, 0.15) is 32.4 Å². The molecule has 0 amide bonds. The number of pyridine rings is 1. The van der Waals surface area contributed by atoms with E-state index in [1.807, 2.05) is 19.1 Å². The van der Waals surface area contributed by atoms with Crippen molar-refractivity contribution in [1.29, 1.82) is 0 Å². The summed E-state index contributed by atoms with van der Waals surface area (Å²) >= 11 is 0. The Balaban J connectivity index is 2.72. The number of aromatic nitrogens is 1. The van der Waals surface area contributed by atoms with Crippen LogP contribution in [0.15, 0.2) is 24.5 Å². The highest BCUT2D eigenvalue weighted by molar-refractivity contribution is 5.77. The normalized spacial score (nSPS) is 13.5. The molecule has 2 N–H and O–H groups in total. The summed E-state index contributed by atoms with van der Waals surface area (Å²) in [6, 6.07) is 3.73. The smallest absolute Gasteiger partial charge is 0.323 e. The Morgan fingerprint density at radius 2 is 2.00 bits per heavy atom. The summed E-state index contributed by atoms with van der Waals surface area (Å²) in [4.78, 5) is 14.8. The molecule has 15 heavy (non-hydrogen) atoms. The van der Waals surface area contributed by atoms with Gasteiger partial charge in [0, 0.05) is 18.4 Å². The van der Waals surface area contributed by atoms with Gasteiger partial charge in [-0.05, 0) is 38.5 Å². The van der Waals surface area contributed by atoms with Crippen LogP contribution in [0.25, 0.3) is 0 Å². The molecule has 1 aromatic heterocycles. The first-order valence-electron chi connectivity index (χ1n) is 4.84. The quantitative estimate of drug-likeness (QED) is 0.788. The van der Waals surface area contributed by atoms with E-state index < -0.39 is 11.5 Å². The summed E-state index contributed by atoms with van der Waals surface area (Å²) in [6.45, 7) is 5.22. The van der Waals surface area contributed by atoms with E-state index in [2.05, 4.69) is 10.3 Å². The van der Waals surface area contributed by atoms with Gasteiger partial charge in [0.25, 0.3) is 0 Å². The van der Waals surface area contributed by atoms with Crippen molar-refractivity contribution < 1.29 is 9.90 Å². The van der Waals surface area contributed by atoms with E-state index in [1.165, 1.54) is 0 Å². The molecule has 1 heterocycles. The summed E-state index contributed by atoms with van der Waals surface area (Å²) < 4.78 is 0. The Morgan fingerprint density at radius 1 is 1.47 bits per heavy atom. The SMILES string of the molecule is CC(NC(C)(C)C(=O)O)c1ccncc1. The van der Waals surface area contributed by atoms with E-state index in [1.54, 1.807) is 26.2 Å². The van der Waals surface area contributed by atoms with Crippen LogP contribution >= 0.6 is 0 Å². The molecule has 0 radical (unpaired) electrons. The molecule has 0 aromatic carbocycles. The Hall–Kier alpha value is -1.42. The van der Waals surface area contributed by atoms with Crippen molar-refractivity contribution >= 4 is 5.97 Å². The second-order valence-corrected chi connectivity index (χ2v) is 4.08. The topological polar surface area (TPSA) is 62.2 Å². The lowest BCUT2D eigenvalue weighted by atomic mass is 10.0. The molecule has 4 nitrogen and oxygen atoms in total. The third-order valence-corrected chi connectivity index (χ3v) is 2.32. The minimum atomic E-state index is -0.928. The van der Waals surface area contributed by atoms with Crippen LogP contribution in [0.4, 0.5) is 0 Å². The first-order valence-corrected chi connectivity index (χ1v) is 4.84. The molecule has 1 aromatic rings. The van der Waals surface area contributed by atoms with E-state index in [9.17, 15) is 4.79 Å². The number of hydrogen-bond donors (Lipinski definition) is 2. The van der Waals surface area contributed by atoms with Crippen LogP contribution in [0.3, 0.4) is 0 Å². The molecule has 0 fully saturated rings. The molecule has 0 aliphatic carbocycles. The molecular formula is C11H16N2O2. The number of hydrogen-bond acceptors (Lipinski definition) is 3.